The Bertz CT molecular complexity index is 1320. The van der Waals surface area contributed by atoms with Crippen molar-refractivity contribution < 1.29 is 9.47 Å². The van der Waals surface area contributed by atoms with E-state index in [2.05, 4.69) is 38.7 Å². The highest BCUT2D eigenvalue weighted by Crippen LogP contribution is 2.47. The number of hydrogen-bond acceptors (Lipinski definition) is 5. The molecule has 2 aromatic heterocycles. The maximum Gasteiger partial charge on any atom is 0.256 e. The molecule has 0 saturated carbocycles. The first kappa shape index (κ1) is 20.5. The van der Waals surface area contributed by atoms with Crippen molar-refractivity contribution in [3.63, 3.8) is 0 Å². The summed E-state index contributed by atoms with van der Waals surface area (Å²) in [7, 11) is 1.69. The highest BCUT2D eigenvalue weighted by molar-refractivity contribution is 6.16. The fourth-order valence-electron chi connectivity index (χ4n) is 4.74. The fourth-order valence-corrected chi connectivity index (χ4v) is 4.74. The molecule has 0 atom stereocenters. The molecule has 0 amide bonds. The molecule has 4 heterocycles. The average Bonchev–Trinajstić information content (AvgIpc) is 3.07. The number of hydrogen-bond donors (Lipinski definition) is 0. The lowest BCUT2D eigenvalue weighted by molar-refractivity contribution is 0.134. The van der Waals surface area contributed by atoms with Crippen molar-refractivity contribution in [3.05, 3.63) is 81.4 Å². The SMILES string of the molecule is COc1cc2c(c3c1OC(C)(C)C3)C(c1ccnc(-n3ccccc3=O)c1)=NC(C)(C)C2. The van der Waals surface area contributed by atoms with Crippen LogP contribution in [0.5, 0.6) is 11.5 Å². The van der Waals surface area contributed by atoms with E-state index in [0.29, 0.717) is 5.82 Å². The van der Waals surface area contributed by atoms with Crippen LogP contribution < -0.4 is 15.0 Å². The number of methoxy groups -OCH3 is 1. The molecule has 0 bridgehead atoms. The van der Waals surface area contributed by atoms with Gasteiger partial charge >= 0.3 is 0 Å². The van der Waals surface area contributed by atoms with E-state index in [0.717, 1.165) is 46.7 Å². The first-order chi connectivity index (χ1) is 15.2. The predicted octanol–water partition coefficient (Wildman–Crippen LogP) is 4.13. The number of ether oxygens (including phenoxy) is 2. The number of pyridine rings is 2. The van der Waals surface area contributed by atoms with Crippen molar-refractivity contribution in [2.75, 3.05) is 7.11 Å². The van der Waals surface area contributed by atoms with Gasteiger partial charge in [0.2, 0.25) is 0 Å². The van der Waals surface area contributed by atoms with Crippen LogP contribution >= 0.6 is 0 Å². The molecule has 0 fully saturated rings. The van der Waals surface area contributed by atoms with E-state index in [4.69, 9.17) is 14.5 Å². The number of fused-ring (bicyclic) bond motifs is 3. The third kappa shape index (κ3) is 3.40. The van der Waals surface area contributed by atoms with E-state index in [1.54, 1.807) is 30.1 Å². The lowest BCUT2D eigenvalue weighted by atomic mass is 9.81. The quantitative estimate of drug-likeness (QED) is 0.628. The second-order valence-corrected chi connectivity index (χ2v) is 9.72. The van der Waals surface area contributed by atoms with Crippen molar-refractivity contribution in [2.24, 2.45) is 4.99 Å². The van der Waals surface area contributed by atoms with Gasteiger partial charge in [0.05, 0.1) is 18.4 Å². The van der Waals surface area contributed by atoms with Gasteiger partial charge in [0.15, 0.2) is 11.5 Å². The third-order valence-corrected chi connectivity index (χ3v) is 5.99. The molecule has 0 saturated heterocycles. The van der Waals surface area contributed by atoms with Crippen LogP contribution in [0.1, 0.15) is 49.9 Å². The third-order valence-electron chi connectivity index (χ3n) is 5.99. The summed E-state index contributed by atoms with van der Waals surface area (Å²) in [5.74, 6) is 2.15. The molecule has 0 aliphatic carbocycles. The average molecular weight is 430 g/mol. The summed E-state index contributed by atoms with van der Waals surface area (Å²) < 4.78 is 13.5. The molecule has 164 valence electrons. The second kappa shape index (κ2) is 7.05. The lowest BCUT2D eigenvalue weighted by Gasteiger charge is -2.31. The van der Waals surface area contributed by atoms with Gasteiger partial charge in [-0.05, 0) is 63.9 Å². The molecular weight excluding hydrogens is 402 g/mol. The molecule has 1 aromatic carbocycles. The Labute approximate surface area is 187 Å². The Morgan fingerprint density at radius 1 is 1.09 bits per heavy atom. The van der Waals surface area contributed by atoms with E-state index in [1.807, 2.05) is 18.2 Å². The van der Waals surface area contributed by atoms with Crippen LogP contribution in [0, 0.1) is 0 Å². The van der Waals surface area contributed by atoms with Gasteiger partial charge in [0.1, 0.15) is 11.4 Å². The molecule has 2 aliphatic heterocycles. The van der Waals surface area contributed by atoms with Crippen LogP contribution in [0.3, 0.4) is 0 Å². The summed E-state index contributed by atoms with van der Waals surface area (Å²) in [6.45, 7) is 8.46. The fraction of sp³-hybridized carbons (Fsp3) is 0.346. The summed E-state index contributed by atoms with van der Waals surface area (Å²) >= 11 is 0. The smallest absolute Gasteiger partial charge is 0.256 e. The Balaban J connectivity index is 1.73. The van der Waals surface area contributed by atoms with E-state index in [1.165, 1.54) is 11.6 Å². The van der Waals surface area contributed by atoms with Crippen molar-refractivity contribution >= 4 is 5.71 Å². The van der Waals surface area contributed by atoms with Gasteiger partial charge < -0.3 is 9.47 Å². The van der Waals surface area contributed by atoms with Crippen molar-refractivity contribution in [1.82, 2.24) is 9.55 Å². The highest BCUT2D eigenvalue weighted by atomic mass is 16.5. The number of nitrogens with zero attached hydrogens (tertiary/aromatic N) is 3. The molecule has 0 N–H and O–H groups in total. The molecular formula is C26H27N3O3. The van der Waals surface area contributed by atoms with Gasteiger partial charge in [-0.15, -0.1) is 0 Å². The van der Waals surface area contributed by atoms with Crippen LogP contribution in [0.2, 0.25) is 0 Å². The maximum atomic E-state index is 12.4. The molecule has 3 aromatic rings. The minimum Gasteiger partial charge on any atom is -0.493 e. The van der Waals surface area contributed by atoms with Gasteiger partial charge in [-0.2, -0.15) is 0 Å². The van der Waals surface area contributed by atoms with Crippen molar-refractivity contribution in [1.29, 1.82) is 0 Å². The molecule has 6 heteroatoms. The Morgan fingerprint density at radius 3 is 2.66 bits per heavy atom. The number of rotatable bonds is 3. The number of benzene rings is 1. The number of aliphatic imine (C=N–C) groups is 1. The van der Waals surface area contributed by atoms with E-state index >= 15 is 0 Å². The van der Waals surface area contributed by atoms with E-state index < -0.39 is 0 Å². The zero-order chi connectivity index (χ0) is 22.7. The topological polar surface area (TPSA) is 65.7 Å². The summed E-state index contributed by atoms with van der Waals surface area (Å²) in [5.41, 5.74) is 4.57. The van der Waals surface area contributed by atoms with Crippen LogP contribution in [-0.2, 0) is 12.8 Å². The zero-order valence-electron chi connectivity index (χ0n) is 19.1. The molecule has 5 rings (SSSR count). The Morgan fingerprint density at radius 2 is 1.91 bits per heavy atom. The zero-order valence-corrected chi connectivity index (χ0v) is 19.1. The molecule has 32 heavy (non-hydrogen) atoms. The highest BCUT2D eigenvalue weighted by Gasteiger charge is 2.39. The summed E-state index contributed by atoms with van der Waals surface area (Å²) in [6, 6.07) is 11.1. The van der Waals surface area contributed by atoms with Gasteiger partial charge in [0.25, 0.3) is 5.56 Å². The van der Waals surface area contributed by atoms with E-state index in [-0.39, 0.29) is 16.7 Å². The minimum absolute atomic E-state index is 0.121. The molecule has 0 spiro atoms. The minimum atomic E-state index is -0.316. The van der Waals surface area contributed by atoms with Crippen molar-refractivity contribution in [2.45, 2.75) is 51.7 Å². The van der Waals surface area contributed by atoms with Crippen LogP contribution in [0.25, 0.3) is 5.82 Å². The molecule has 0 unspecified atom stereocenters. The van der Waals surface area contributed by atoms with Gasteiger partial charge in [-0.1, -0.05) is 6.07 Å². The van der Waals surface area contributed by atoms with Crippen LogP contribution in [-0.4, -0.2) is 33.5 Å². The Hall–Kier alpha value is -3.41. The molecule has 2 aliphatic rings. The van der Waals surface area contributed by atoms with Gasteiger partial charge in [-0.3, -0.25) is 14.4 Å². The second-order valence-electron chi connectivity index (χ2n) is 9.72. The first-order valence-corrected chi connectivity index (χ1v) is 10.8. The summed E-state index contributed by atoms with van der Waals surface area (Å²) in [5, 5.41) is 0. The normalized spacial score (nSPS) is 17.7. The van der Waals surface area contributed by atoms with Crippen LogP contribution in [0.4, 0.5) is 0 Å². The summed E-state index contributed by atoms with van der Waals surface area (Å²) in [4.78, 5) is 22.0. The monoisotopic (exact) mass is 429 g/mol. The standard InChI is InChI=1S/C26H27N3O3/c1-25(2)14-17-12-19(31-5)24-18(15-26(3,4)32-24)22(17)23(28-25)16-9-10-27-20(13-16)29-11-7-6-8-21(29)30/h6-13H,14-15H2,1-5H3. The first-order valence-electron chi connectivity index (χ1n) is 10.8. The van der Waals surface area contributed by atoms with Gasteiger partial charge in [0, 0.05) is 41.6 Å². The molecule has 0 radical (unpaired) electrons. The van der Waals surface area contributed by atoms with Crippen LogP contribution in [0.15, 0.2) is 58.6 Å². The summed E-state index contributed by atoms with van der Waals surface area (Å²) in [6.07, 6.45) is 5.05. The lowest BCUT2D eigenvalue weighted by Crippen LogP contribution is -2.31. The Kier molecular flexibility index (Phi) is 4.52. The maximum absolute atomic E-state index is 12.4. The largest absolute Gasteiger partial charge is 0.493 e. The van der Waals surface area contributed by atoms with Gasteiger partial charge in [-0.25, -0.2) is 4.98 Å². The van der Waals surface area contributed by atoms with Crippen molar-refractivity contribution in [3.8, 4) is 17.3 Å². The molecule has 6 nitrogen and oxygen atoms in total. The van der Waals surface area contributed by atoms with E-state index in [9.17, 15) is 4.79 Å². The predicted molar refractivity (Wildman–Crippen MR) is 125 cm³/mol. The number of aromatic nitrogens is 2.